The van der Waals surface area contributed by atoms with E-state index in [2.05, 4.69) is 0 Å². The predicted octanol–water partition coefficient (Wildman–Crippen LogP) is 0.345. The molecule has 0 rings (SSSR count). The number of methoxy groups -OCH3 is 1. The van der Waals surface area contributed by atoms with Crippen molar-refractivity contribution in [2.24, 2.45) is 11.1 Å². The maximum Gasteiger partial charge on any atom is 0.241 e. The molecule has 0 radical (unpaired) electrons. The molecule has 0 saturated carbocycles. The van der Waals surface area contributed by atoms with Gasteiger partial charge in [-0.2, -0.15) is 0 Å². The van der Waals surface area contributed by atoms with E-state index in [9.17, 15) is 9.59 Å². The van der Waals surface area contributed by atoms with E-state index in [1.807, 2.05) is 20.8 Å². The van der Waals surface area contributed by atoms with Crippen molar-refractivity contribution in [3.63, 3.8) is 0 Å². The van der Waals surface area contributed by atoms with Gasteiger partial charge in [0.15, 0.2) is 0 Å². The first-order valence-corrected chi connectivity index (χ1v) is 6.34. The van der Waals surface area contributed by atoms with Gasteiger partial charge < -0.3 is 20.3 Å². The van der Waals surface area contributed by atoms with Gasteiger partial charge in [-0.1, -0.05) is 20.8 Å². The quantitative estimate of drug-likeness (QED) is 0.768. The summed E-state index contributed by atoms with van der Waals surface area (Å²) in [4.78, 5) is 27.0. The van der Waals surface area contributed by atoms with E-state index in [0.717, 1.165) is 0 Å². The summed E-state index contributed by atoms with van der Waals surface area (Å²) in [5, 5.41) is 0. The van der Waals surface area contributed by atoms with Crippen molar-refractivity contribution in [1.29, 1.82) is 0 Å². The van der Waals surface area contributed by atoms with Crippen LogP contribution in [0.2, 0.25) is 0 Å². The minimum atomic E-state index is -0.640. The molecule has 7 heteroatoms. The highest BCUT2D eigenvalue weighted by Gasteiger charge is 2.31. The molecule has 0 unspecified atom stereocenters. The van der Waals surface area contributed by atoms with Gasteiger partial charge in [0.2, 0.25) is 11.8 Å². The number of amides is 2. The second-order valence-electron chi connectivity index (χ2n) is 5.88. The Morgan fingerprint density at radius 2 is 1.75 bits per heavy atom. The summed E-state index contributed by atoms with van der Waals surface area (Å²) in [6.45, 7) is 6.47. The van der Waals surface area contributed by atoms with Crippen LogP contribution >= 0.6 is 12.4 Å². The number of hydrogen-bond donors (Lipinski definition) is 1. The van der Waals surface area contributed by atoms with Crippen LogP contribution in [0.3, 0.4) is 0 Å². The van der Waals surface area contributed by atoms with Gasteiger partial charge in [0.25, 0.3) is 0 Å². The molecule has 2 N–H and O–H groups in total. The van der Waals surface area contributed by atoms with E-state index < -0.39 is 6.04 Å². The molecule has 0 aromatic heterocycles. The van der Waals surface area contributed by atoms with Gasteiger partial charge in [-0.25, -0.2) is 0 Å². The van der Waals surface area contributed by atoms with Gasteiger partial charge >= 0.3 is 0 Å². The number of likely N-dealkylation sites (N-methyl/N-ethyl adjacent to an activating group) is 1. The Morgan fingerprint density at radius 3 is 2.10 bits per heavy atom. The normalized spacial score (nSPS) is 12.3. The Kier molecular flexibility index (Phi) is 9.82. The van der Waals surface area contributed by atoms with E-state index >= 15 is 0 Å². The van der Waals surface area contributed by atoms with Gasteiger partial charge in [-0.15, -0.1) is 12.4 Å². The Bertz CT molecular complexity index is 316. The van der Waals surface area contributed by atoms with Crippen LogP contribution in [0.4, 0.5) is 0 Å². The lowest BCUT2D eigenvalue weighted by molar-refractivity contribution is -0.142. The molecule has 0 bridgehead atoms. The Morgan fingerprint density at radius 1 is 1.25 bits per heavy atom. The average Bonchev–Trinajstić information content (AvgIpc) is 2.30. The van der Waals surface area contributed by atoms with Crippen LogP contribution in [-0.2, 0) is 14.3 Å². The van der Waals surface area contributed by atoms with Gasteiger partial charge in [0, 0.05) is 27.7 Å². The van der Waals surface area contributed by atoms with Crippen molar-refractivity contribution in [2.45, 2.75) is 26.8 Å². The molecule has 0 fully saturated rings. The van der Waals surface area contributed by atoms with Crippen molar-refractivity contribution in [3.05, 3.63) is 0 Å². The van der Waals surface area contributed by atoms with E-state index in [-0.39, 0.29) is 36.2 Å². The molecule has 0 aromatic carbocycles. The van der Waals surface area contributed by atoms with Crippen molar-refractivity contribution < 1.29 is 14.3 Å². The minimum absolute atomic E-state index is 0. The third-order valence-electron chi connectivity index (χ3n) is 2.90. The zero-order valence-electron chi connectivity index (χ0n) is 13.3. The first-order chi connectivity index (χ1) is 8.61. The number of carbonyl (C=O) groups is 2. The topological polar surface area (TPSA) is 75.9 Å². The molecule has 20 heavy (non-hydrogen) atoms. The Labute approximate surface area is 128 Å². The van der Waals surface area contributed by atoms with Crippen LogP contribution in [0, 0.1) is 5.41 Å². The Hall–Kier alpha value is -0.850. The van der Waals surface area contributed by atoms with E-state index in [0.29, 0.717) is 13.2 Å². The third kappa shape index (κ3) is 7.07. The monoisotopic (exact) mass is 309 g/mol. The molecular weight excluding hydrogens is 282 g/mol. The molecule has 0 aliphatic carbocycles. The first-order valence-electron chi connectivity index (χ1n) is 6.34. The lowest BCUT2D eigenvalue weighted by Gasteiger charge is -2.32. The molecule has 6 nitrogen and oxygen atoms in total. The predicted molar refractivity (Wildman–Crippen MR) is 81.8 cm³/mol. The number of nitrogens with zero attached hydrogens (tertiary/aromatic N) is 2. The van der Waals surface area contributed by atoms with Gasteiger partial charge in [-0.3, -0.25) is 9.59 Å². The zero-order valence-corrected chi connectivity index (χ0v) is 14.1. The first kappa shape index (κ1) is 21.4. The highest BCUT2D eigenvalue weighted by Crippen LogP contribution is 2.19. The summed E-state index contributed by atoms with van der Waals surface area (Å²) in [5.74, 6) is -0.356. The minimum Gasteiger partial charge on any atom is -0.383 e. The van der Waals surface area contributed by atoms with E-state index in [4.69, 9.17) is 10.5 Å². The van der Waals surface area contributed by atoms with Gasteiger partial charge in [0.1, 0.15) is 0 Å². The summed E-state index contributed by atoms with van der Waals surface area (Å²) in [6.07, 6.45) is 0. The molecule has 120 valence electrons. The largest absolute Gasteiger partial charge is 0.383 e. The number of carbonyl (C=O) groups excluding carboxylic acids is 2. The SMILES string of the molecule is COCCN(CC(=O)N(C)C)C(=O)[C@@H](N)C(C)(C)C.Cl. The van der Waals surface area contributed by atoms with Crippen LogP contribution < -0.4 is 5.73 Å². The second-order valence-corrected chi connectivity index (χ2v) is 5.88. The third-order valence-corrected chi connectivity index (χ3v) is 2.90. The number of ether oxygens (including phenoxy) is 1. The van der Waals surface area contributed by atoms with E-state index in [1.54, 1.807) is 21.2 Å². The van der Waals surface area contributed by atoms with Crippen molar-refractivity contribution >= 4 is 24.2 Å². The number of halogens is 1. The van der Waals surface area contributed by atoms with Crippen LogP contribution in [0.5, 0.6) is 0 Å². The number of rotatable bonds is 6. The standard InChI is InChI=1S/C13H27N3O3.ClH/c1-13(2,3)11(14)12(18)16(7-8-19-6)9-10(17)15(4)5;/h11H,7-9,14H2,1-6H3;1H/t11-;/m1./s1. The fourth-order valence-electron chi connectivity index (χ4n) is 1.34. The molecule has 0 saturated heterocycles. The van der Waals surface area contributed by atoms with Crippen LogP contribution in [0.25, 0.3) is 0 Å². The molecular formula is C13H28ClN3O3. The maximum atomic E-state index is 12.3. The van der Waals surface area contributed by atoms with Gasteiger partial charge in [-0.05, 0) is 5.41 Å². The molecule has 0 aromatic rings. The van der Waals surface area contributed by atoms with Crippen LogP contribution in [0.1, 0.15) is 20.8 Å². The Balaban J connectivity index is 0. The summed E-state index contributed by atoms with van der Waals surface area (Å²) in [6, 6.07) is -0.640. The summed E-state index contributed by atoms with van der Waals surface area (Å²) in [5.41, 5.74) is 5.62. The average molecular weight is 310 g/mol. The lowest BCUT2D eigenvalue weighted by atomic mass is 9.86. The zero-order chi connectivity index (χ0) is 15.2. The summed E-state index contributed by atoms with van der Waals surface area (Å²) in [7, 11) is 4.87. The number of nitrogens with two attached hydrogens (primary N) is 1. The molecule has 1 atom stereocenters. The molecule has 0 spiro atoms. The summed E-state index contributed by atoms with van der Waals surface area (Å²) >= 11 is 0. The van der Waals surface area contributed by atoms with Crippen molar-refractivity contribution in [1.82, 2.24) is 9.80 Å². The smallest absolute Gasteiger partial charge is 0.241 e. The molecule has 0 aliphatic rings. The number of hydrogen-bond acceptors (Lipinski definition) is 4. The lowest BCUT2D eigenvalue weighted by Crippen LogP contribution is -2.53. The van der Waals surface area contributed by atoms with Crippen molar-refractivity contribution in [3.8, 4) is 0 Å². The summed E-state index contributed by atoms with van der Waals surface area (Å²) < 4.78 is 4.97. The highest BCUT2D eigenvalue weighted by atomic mass is 35.5. The van der Waals surface area contributed by atoms with Gasteiger partial charge in [0.05, 0.1) is 19.2 Å². The van der Waals surface area contributed by atoms with E-state index in [1.165, 1.54) is 9.80 Å². The van der Waals surface area contributed by atoms with Crippen LogP contribution in [0.15, 0.2) is 0 Å². The maximum absolute atomic E-state index is 12.3. The second kappa shape index (κ2) is 9.15. The molecule has 0 heterocycles. The fourth-order valence-corrected chi connectivity index (χ4v) is 1.34. The highest BCUT2D eigenvalue weighted by molar-refractivity contribution is 5.87. The fraction of sp³-hybridized carbons (Fsp3) is 0.846. The molecule has 0 aliphatic heterocycles. The molecule has 2 amide bonds. The van der Waals surface area contributed by atoms with Crippen LogP contribution in [-0.4, -0.2) is 68.6 Å². The van der Waals surface area contributed by atoms with Crippen molar-refractivity contribution in [2.75, 3.05) is 40.9 Å².